The molecule has 0 heterocycles. The lowest BCUT2D eigenvalue weighted by Crippen LogP contribution is -2.30. The Morgan fingerprint density at radius 1 is 1.19 bits per heavy atom. The van der Waals surface area contributed by atoms with Crippen LogP contribution in [0, 0.1) is 23.5 Å². The predicted octanol–water partition coefficient (Wildman–Crippen LogP) is 3.81. The molecule has 0 fully saturated rings. The van der Waals surface area contributed by atoms with Crippen molar-refractivity contribution in [2.75, 3.05) is 18.4 Å². The highest BCUT2D eigenvalue weighted by atomic mass is 19.1. The fourth-order valence-corrected chi connectivity index (χ4v) is 1.71. The average molecular weight is 298 g/mol. The van der Waals surface area contributed by atoms with Crippen molar-refractivity contribution in [2.45, 2.75) is 34.1 Å². The van der Waals surface area contributed by atoms with E-state index in [9.17, 15) is 13.6 Å². The lowest BCUT2D eigenvalue weighted by Gasteiger charge is -2.16. The molecule has 1 atom stereocenters. The number of hydrogen-bond acceptors (Lipinski definition) is 2. The summed E-state index contributed by atoms with van der Waals surface area (Å²) in [7, 11) is 0. The van der Waals surface area contributed by atoms with E-state index in [1.807, 2.05) is 13.8 Å². The summed E-state index contributed by atoms with van der Waals surface area (Å²) in [5.74, 6) is -1.22. The molecular formula is C16H24F2N2O. The van der Waals surface area contributed by atoms with E-state index in [1.165, 1.54) is 0 Å². The summed E-state index contributed by atoms with van der Waals surface area (Å²) >= 11 is 0. The van der Waals surface area contributed by atoms with Gasteiger partial charge in [0.2, 0.25) is 0 Å². The Morgan fingerprint density at radius 3 is 2.24 bits per heavy atom. The van der Waals surface area contributed by atoms with Gasteiger partial charge in [-0.3, -0.25) is 4.79 Å². The fourth-order valence-electron chi connectivity index (χ4n) is 1.71. The number of benzene rings is 1. The van der Waals surface area contributed by atoms with Crippen molar-refractivity contribution in [3.8, 4) is 0 Å². The Balaban J connectivity index is 2.77. The second kappa shape index (κ2) is 7.96. The van der Waals surface area contributed by atoms with E-state index in [0.29, 0.717) is 24.9 Å². The number of nitrogens with one attached hydrogen (secondary N) is 2. The molecule has 0 spiro atoms. The van der Waals surface area contributed by atoms with Gasteiger partial charge in [0.15, 0.2) is 0 Å². The zero-order valence-corrected chi connectivity index (χ0v) is 13.1. The molecule has 0 aliphatic rings. The van der Waals surface area contributed by atoms with Crippen molar-refractivity contribution < 1.29 is 13.6 Å². The Morgan fingerprint density at radius 2 is 1.76 bits per heavy atom. The van der Waals surface area contributed by atoms with Crippen LogP contribution < -0.4 is 10.6 Å². The third-order valence-electron chi connectivity index (χ3n) is 3.58. The minimum atomic E-state index is -0.745. The lowest BCUT2D eigenvalue weighted by atomic mass is 9.98. The Bertz CT molecular complexity index is 466. The van der Waals surface area contributed by atoms with Crippen LogP contribution in [0.4, 0.5) is 14.5 Å². The molecule has 5 heteroatoms. The Hall–Kier alpha value is -1.65. The standard InChI is InChI=1S/C16H24F2N2O/c1-5-6-19-15-13(17)7-12(8-14(15)18)16(21)20-9-11(4)10(2)3/h7-8,10-11,19H,5-6,9H2,1-4H3,(H,20,21). The van der Waals surface area contributed by atoms with Crippen LogP contribution in [0.15, 0.2) is 12.1 Å². The van der Waals surface area contributed by atoms with Crippen molar-refractivity contribution in [1.29, 1.82) is 0 Å². The fraction of sp³-hybridized carbons (Fsp3) is 0.562. The Kier molecular flexibility index (Phi) is 6.59. The van der Waals surface area contributed by atoms with Gasteiger partial charge in [0.05, 0.1) is 0 Å². The molecule has 0 radical (unpaired) electrons. The first kappa shape index (κ1) is 17.4. The maximum absolute atomic E-state index is 13.8. The molecule has 21 heavy (non-hydrogen) atoms. The normalized spacial score (nSPS) is 12.3. The molecule has 1 aromatic rings. The zero-order valence-electron chi connectivity index (χ0n) is 13.1. The third kappa shape index (κ3) is 4.99. The molecular weight excluding hydrogens is 274 g/mol. The monoisotopic (exact) mass is 298 g/mol. The average Bonchev–Trinajstić information content (AvgIpc) is 2.43. The highest BCUT2D eigenvalue weighted by Crippen LogP contribution is 2.21. The smallest absolute Gasteiger partial charge is 0.251 e. The van der Waals surface area contributed by atoms with Crippen molar-refractivity contribution >= 4 is 11.6 Å². The second-order valence-corrected chi connectivity index (χ2v) is 5.67. The van der Waals surface area contributed by atoms with Gasteiger partial charge in [-0.05, 0) is 30.4 Å². The van der Waals surface area contributed by atoms with Crippen LogP contribution in [-0.4, -0.2) is 19.0 Å². The molecule has 118 valence electrons. The minimum absolute atomic E-state index is 0.00278. The third-order valence-corrected chi connectivity index (χ3v) is 3.58. The maximum atomic E-state index is 13.8. The van der Waals surface area contributed by atoms with Crippen LogP contribution in [0.3, 0.4) is 0 Å². The number of anilines is 1. The molecule has 0 aliphatic carbocycles. The van der Waals surface area contributed by atoms with Gasteiger partial charge in [-0.1, -0.05) is 27.7 Å². The maximum Gasteiger partial charge on any atom is 0.251 e. The predicted molar refractivity (Wildman–Crippen MR) is 81.5 cm³/mol. The summed E-state index contributed by atoms with van der Waals surface area (Å²) in [6.45, 7) is 9.00. The van der Waals surface area contributed by atoms with Gasteiger partial charge in [-0.15, -0.1) is 0 Å². The van der Waals surface area contributed by atoms with E-state index in [4.69, 9.17) is 0 Å². The number of carbonyl (C=O) groups excluding carboxylic acids is 1. The first-order valence-electron chi connectivity index (χ1n) is 7.37. The van der Waals surface area contributed by atoms with Gasteiger partial charge < -0.3 is 10.6 Å². The molecule has 2 N–H and O–H groups in total. The second-order valence-electron chi connectivity index (χ2n) is 5.67. The van der Waals surface area contributed by atoms with Crippen molar-refractivity contribution in [3.05, 3.63) is 29.3 Å². The summed E-state index contributed by atoms with van der Waals surface area (Å²) in [5.41, 5.74) is -0.174. The van der Waals surface area contributed by atoms with Crippen molar-refractivity contribution in [2.24, 2.45) is 11.8 Å². The van der Waals surface area contributed by atoms with E-state index in [0.717, 1.165) is 18.6 Å². The van der Waals surface area contributed by atoms with Gasteiger partial charge in [0, 0.05) is 18.7 Å². The molecule has 0 bridgehead atoms. The summed E-state index contributed by atoms with van der Waals surface area (Å²) in [5, 5.41) is 5.38. The largest absolute Gasteiger partial charge is 0.380 e. The number of halogens is 2. The number of carbonyl (C=O) groups is 1. The van der Waals surface area contributed by atoms with E-state index < -0.39 is 17.5 Å². The van der Waals surface area contributed by atoms with Gasteiger partial charge in [-0.25, -0.2) is 8.78 Å². The lowest BCUT2D eigenvalue weighted by molar-refractivity contribution is 0.0944. The SMILES string of the molecule is CCCNc1c(F)cc(C(=O)NCC(C)C(C)C)cc1F. The number of hydrogen-bond donors (Lipinski definition) is 2. The first-order chi connectivity index (χ1) is 9.86. The minimum Gasteiger partial charge on any atom is -0.380 e. The molecule has 1 aromatic carbocycles. The summed E-state index contributed by atoms with van der Waals surface area (Å²) in [6.07, 6.45) is 0.758. The van der Waals surface area contributed by atoms with Crippen LogP contribution in [0.25, 0.3) is 0 Å². The van der Waals surface area contributed by atoms with E-state index in [-0.39, 0.29) is 11.3 Å². The highest BCUT2D eigenvalue weighted by molar-refractivity contribution is 5.94. The molecule has 1 amide bonds. The van der Waals surface area contributed by atoms with Crippen LogP contribution in [0.2, 0.25) is 0 Å². The summed E-state index contributed by atoms with van der Waals surface area (Å²) in [6, 6.07) is 2.13. The first-order valence-corrected chi connectivity index (χ1v) is 7.37. The van der Waals surface area contributed by atoms with Crippen molar-refractivity contribution in [3.63, 3.8) is 0 Å². The zero-order chi connectivity index (χ0) is 16.0. The van der Waals surface area contributed by atoms with Crippen molar-refractivity contribution in [1.82, 2.24) is 5.32 Å². The number of rotatable bonds is 7. The summed E-state index contributed by atoms with van der Waals surface area (Å²) in [4.78, 5) is 11.9. The van der Waals surface area contributed by atoms with Gasteiger partial charge in [0.25, 0.3) is 5.91 Å². The van der Waals surface area contributed by atoms with Gasteiger partial charge in [0.1, 0.15) is 17.3 Å². The molecule has 1 unspecified atom stereocenters. The molecule has 3 nitrogen and oxygen atoms in total. The Labute approximate surface area is 125 Å². The summed E-state index contributed by atoms with van der Waals surface area (Å²) < 4.78 is 27.7. The van der Waals surface area contributed by atoms with Crippen LogP contribution in [0.5, 0.6) is 0 Å². The van der Waals surface area contributed by atoms with Crippen LogP contribution >= 0.6 is 0 Å². The van der Waals surface area contributed by atoms with Gasteiger partial charge in [-0.2, -0.15) is 0 Å². The molecule has 1 rings (SSSR count). The molecule has 0 saturated heterocycles. The van der Waals surface area contributed by atoms with Crippen LogP contribution in [-0.2, 0) is 0 Å². The van der Waals surface area contributed by atoms with E-state index in [1.54, 1.807) is 0 Å². The molecule has 0 saturated carbocycles. The van der Waals surface area contributed by atoms with Gasteiger partial charge >= 0.3 is 0 Å². The molecule has 0 aliphatic heterocycles. The quantitative estimate of drug-likeness (QED) is 0.803. The highest BCUT2D eigenvalue weighted by Gasteiger charge is 2.16. The molecule has 0 aromatic heterocycles. The van der Waals surface area contributed by atoms with Crippen LogP contribution in [0.1, 0.15) is 44.5 Å². The van der Waals surface area contributed by atoms with E-state index in [2.05, 4.69) is 24.5 Å². The van der Waals surface area contributed by atoms with E-state index >= 15 is 0 Å². The topological polar surface area (TPSA) is 41.1 Å². The number of amides is 1.